The summed E-state index contributed by atoms with van der Waals surface area (Å²) in [5.41, 5.74) is 0.496. The van der Waals surface area contributed by atoms with Crippen LogP contribution in [0.2, 0.25) is 0 Å². The van der Waals surface area contributed by atoms with Gasteiger partial charge in [0, 0.05) is 12.6 Å². The molecule has 2 N–H and O–H groups in total. The highest BCUT2D eigenvalue weighted by atomic mass is 32.2. The molecule has 0 aliphatic rings. The zero-order valence-electron chi connectivity index (χ0n) is 9.14. The molecule has 0 aliphatic heterocycles. The lowest BCUT2D eigenvalue weighted by Crippen LogP contribution is -2.35. The van der Waals surface area contributed by atoms with Crippen molar-refractivity contribution in [2.45, 2.75) is 6.92 Å². The molecule has 0 unspecified atom stereocenters. The van der Waals surface area contributed by atoms with Crippen LogP contribution in [-0.4, -0.2) is 26.0 Å². The highest BCUT2D eigenvalue weighted by Gasteiger charge is 2.17. The molecule has 6 nitrogen and oxygen atoms in total. The van der Waals surface area contributed by atoms with Gasteiger partial charge >= 0.3 is 0 Å². The smallest absolute Gasteiger partial charge is 0.243 e. The Morgan fingerprint density at radius 1 is 1.18 bits per heavy atom. The van der Waals surface area contributed by atoms with Crippen LogP contribution < -0.4 is 10.0 Å². The first-order chi connectivity index (χ1) is 7.89. The Bertz CT molecular complexity index is 510. The van der Waals surface area contributed by atoms with Gasteiger partial charge in [-0.3, -0.25) is 14.3 Å². The maximum Gasteiger partial charge on any atom is 0.243 e. The molecule has 0 heterocycles. The summed E-state index contributed by atoms with van der Waals surface area (Å²) >= 11 is 0. The molecule has 1 rings (SSSR count). The van der Waals surface area contributed by atoms with E-state index in [0.29, 0.717) is 5.69 Å². The van der Waals surface area contributed by atoms with Crippen molar-refractivity contribution in [2.75, 3.05) is 11.1 Å². The van der Waals surface area contributed by atoms with Gasteiger partial charge in [0.1, 0.15) is 5.75 Å². The molecule has 1 aromatic rings. The molecule has 7 heteroatoms. The van der Waals surface area contributed by atoms with Crippen LogP contribution in [0.25, 0.3) is 0 Å². The fraction of sp³-hybridized carbons (Fsp3) is 0.200. The van der Waals surface area contributed by atoms with E-state index in [1.54, 1.807) is 35.1 Å². The lowest BCUT2D eigenvalue weighted by molar-refractivity contribution is -0.117. The van der Waals surface area contributed by atoms with Crippen molar-refractivity contribution in [3.8, 4) is 0 Å². The SMILES string of the molecule is CC(=O)NS(=O)(=O)CC(=O)Nc1ccccc1. The van der Waals surface area contributed by atoms with Crippen molar-refractivity contribution in [3.63, 3.8) is 0 Å². The molecule has 0 atom stereocenters. The number of carbonyl (C=O) groups is 2. The van der Waals surface area contributed by atoms with Crippen LogP contribution in [0, 0.1) is 0 Å². The summed E-state index contributed by atoms with van der Waals surface area (Å²) in [6, 6.07) is 8.44. The molecule has 0 saturated carbocycles. The molecule has 0 aromatic heterocycles. The van der Waals surface area contributed by atoms with Crippen molar-refractivity contribution in [1.82, 2.24) is 4.72 Å². The van der Waals surface area contributed by atoms with Crippen LogP contribution in [-0.2, 0) is 19.6 Å². The van der Waals surface area contributed by atoms with Gasteiger partial charge in [0.15, 0.2) is 0 Å². The van der Waals surface area contributed by atoms with Gasteiger partial charge in [-0.1, -0.05) is 18.2 Å². The Morgan fingerprint density at radius 2 is 1.76 bits per heavy atom. The number of amides is 2. The number of anilines is 1. The van der Waals surface area contributed by atoms with Gasteiger partial charge in [-0.2, -0.15) is 0 Å². The molecule has 1 aromatic carbocycles. The quantitative estimate of drug-likeness (QED) is 0.798. The van der Waals surface area contributed by atoms with Gasteiger partial charge in [0.05, 0.1) is 0 Å². The number of rotatable bonds is 4. The highest BCUT2D eigenvalue weighted by Crippen LogP contribution is 2.04. The van der Waals surface area contributed by atoms with Gasteiger partial charge in [-0.15, -0.1) is 0 Å². The maximum absolute atomic E-state index is 11.4. The Balaban J connectivity index is 2.59. The standard InChI is InChI=1S/C10H12N2O4S/c1-8(13)12-17(15,16)7-10(14)11-9-5-3-2-4-6-9/h2-6H,7H2,1H3,(H,11,14)(H,12,13). The number of hydrogen-bond acceptors (Lipinski definition) is 4. The largest absolute Gasteiger partial charge is 0.325 e. The first-order valence-electron chi connectivity index (χ1n) is 4.75. The second-order valence-electron chi connectivity index (χ2n) is 3.33. The van der Waals surface area contributed by atoms with E-state index in [1.807, 2.05) is 0 Å². The Hall–Kier alpha value is -1.89. The summed E-state index contributed by atoms with van der Waals surface area (Å²) in [6.45, 7) is 1.06. The summed E-state index contributed by atoms with van der Waals surface area (Å²) in [5.74, 6) is -2.22. The third-order valence-electron chi connectivity index (χ3n) is 1.68. The molecule has 17 heavy (non-hydrogen) atoms. The van der Waals surface area contributed by atoms with Gasteiger partial charge in [-0.05, 0) is 12.1 Å². The number of hydrogen-bond donors (Lipinski definition) is 2. The van der Waals surface area contributed by atoms with Crippen LogP contribution in [0.5, 0.6) is 0 Å². The van der Waals surface area contributed by atoms with E-state index in [0.717, 1.165) is 6.92 Å². The van der Waals surface area contributed by atoms with Gasteiger partial charge < -0.3 is 5.32 Å². The van der Waals surface area contributed by atoms with Crippen LogP contribution in [0.3, 0.4) is 0 Å². The van der Waals surface area contributed by atoms with Gasteiger partial charge in [0.25, 0.3) is 0 Å². The van der Waals surface area contributed by atoms with Crippen molar-refractivity contribution in [3.05, 3.63) is 30.3 Å². The van der Waals surface area contributed by atoms with E-state index < -0.39 is 27.6 Å². The van der Waals surface area contributed by atoms with E-state index in [1.165, 1.54) is 0 Å². The molecule has 2 amide bonds. The molecule has 0 fully saturated rings. The Morgan fingerprint density at radius 3 is 2.29 bits per heavy atom. The third kappa shape index (κ3) is 5.12. The number of nitrogens with one attached hydrogen (secondary N) is 2. The minimum absolute atomic E-state index is 0.496. The zero-order valence-corrected chi connectivity index (χ0v) is 9.95. The predicted molar refractivity (Wildman–Crippen MR) is 62.7 cm³/mol. The van der Waals surface area contributed by atoms with Crippen LogP contribution >= 0.6 is 0 Å². The molecule has 0 spiro atoms. The fourth-order valence-corrected chi connectivity index (χ4v) is 2.07. The van der Waals surface area contributed by atoms with E-state index >= 15 is 0 Å². The number of carbonyl (C=O) groups excluding carboxylic acids is 2. The van der Waals surface area contributed by atoms with E-state index in [2.05, 4.69) is 5.32 Å². The van der Waals surface area contributed by atoms with Gasteiger partial charge in [0.2, 0.25) is 21.8 Å². The average Bonchev–Trinajstić information content (AvgIpc) is 2.15. The molecule has 0 aliphatic carbocycles. The molecule has 0 radical (unpaired) electrons. The number of sulfonamides is 1. The van der Waals surface area contributed by atoms with Crippen molar-refractivity contribution in [1.29, 1.82) is 0 Å². The van der Waals surface area contributed by atoms with Crippen molar-refractivity contribution in [2.24, 2.45) is 0 Å². The number of para-hydroxylation sites is 1. The van der Waals surface area contributed by atoms with E-state index in [4.69, 9.17) is 0 Å². The van der Waals surface area contributed by atoms with Crippen molar-refractivity contribution < 1.29 is 18.0 Å². The van der Waals surface area contributed by atoms with Gasteiger partial charge in [-0.25, -0.2) is 8.42 Å². The number of benzene rings is 1. The predicted octanol–water partition coefficient (Wildman–Crippen LogP) is 0.0910. The molecular weight excluding hydrogens is 244 g/mol. The Labute approximate surface area is 99.1 Å². The fourth-order valence-electron chi connectivity index (χ4n) is 1.15. The van der Waals surface area contributed by atoms with Crippen molar-refractivity contribution >= 4 is 27.5 Å². The molecule has 92 valence electrons. The van der Waals surface area contributed by atoms with E-state index in [9.17, 15) is 18.0 Å². The normalized spacial score (nSPS) is 10.6. The topological polar surface area (TPSA) is 92.3 Å². The summed E-state index contributed by atoms with van der Waals surface area (Å²) in [5, 5.41) is 2.40. The van der Waals surface area contributed by atoms with Crippen LogP contribution in [0.4, 0.5) is 5.69 Å². The molecule has 0 bridgehead atoms. The maximum atomic E-state index is 11.4. The average molecular weight is 256 g/mol. The highest BCUT2D eigenvalue weighted by molar-refractivity contribution is 7.90. The zero-order chi connectivity index (χ0) is 12.9. The summed E-state index contributed by atoms with van der Waals surface area (Å²) < 4.78 is 24.2. The van der Waals surface area contributed by atoms with Crippen LogP contribution in [0.1, 0.15) is 6.92 Å². The summed E-state index contributed by atoms with van der Waals surface area (Å²) in [7, 11) is -3.91. The third-order valence-corrected chi connectivity index (χ3v) is 2.92. The lowest BCUT2D eigenvalue weighted by atomic mass is 10.3. The summed E-state index contributed by atoms with van der Waals surface area (Å²) in [4.78, 5) is 21.9. The minimum Gasteiger partial charge on any atom is -0.325 e. The molecular formula is C10H12N2O4S. The monoisotopic (exact) mass is 256 g/mol. The first kappa shape index (κ1) is 13.2. The second kappa shape index (κ2) is 5.44. The minimum atomic E-state index is -3.91. The Kier molecular flexibility index (Phi) is 4.22. The van der Waals surface area contributed by atoms with E-state index in [-0.39, 0.29) is 0 Å². The lowest BCUT2D eigenvalue weighted by Gasteiger charge is -2.06. The van der Waals surface area contributed by atoms with Crippen LogP contribution in [0.15, 0.2) is 30.3 Å². The molecule has 0 saturated heterocycles. The summed E-state index contributed by atoms with van der Waals surface area (Å²) in [6.07, 6.45) is 0. The first-order valence-corrected chi connectivity index (χ1v) is 6.40. The second-order valence-corrected chi connectivity index (χ2v) is 5.05.